The topological polar surface area (TPSA) is 58.6 Å². The molecule has 0 aromatic heterocycles. The predicted octanol–water partition coefficient (Wildman–Crippen LogP) is 3.90. The molecule has 7 heteroatoms. The highest BCUT2D eigenvalue weighted by atomic mass is 35.5. The van der Waals surface area contributed by atoms with Crippen molar-refractivity contribution in [2.24, 2.45) is 0 Å². The molecule has 0 spiro atoms. The van der Waals surface area contributed by atoms with E-state index in [2.05, 4.69) is 9.62 Å². The van der Waals surface area contributed by atoms with Gasteiger partial charge in [-0.1, -0.05) is 23.7 Å². The first-order valence-corrected chi connectivity index (χ1v) is 10.6. The Labute approximate surface area is 160 Å². The van der Waals surface area contributed by atoms with Crippen LogP contribution in [0, 0.1) is 0 Å². The van der Waals surface area contributed by atoms with Crippen LogP contribution in [0.5, 0.6) is 0 Å². The van der Waals surface area contributed by atoms with E-state index in [1.165, 1.54) is 0 Å². The van der Waals surface area contributed by atoms with E-state index in [4.69, 9.17) is 16.3 Å². The molecule has 1 unspecified atom stereocenters. The number of anilines is 2. The normalized spacial score (nSPS) is 17.9. The van der Waals surface area contributed by atoms with Gasteiger partial charge in [-0.2, -0.15) is 0 Å². The highest BCUT2D eigenvalue weighted by molar-refractivity contribution is 7.91. The van der Waals surface area contributed by atoms with E-state index in [0.29, 0.717) is 16.3 Å². The lowest BCUT2D eigenvalue weighted by atomic mass is 10.1. The number of methoxy groups -OCH3 is 1. The Kier molecular flexibility index (Phi) is 6.06. The number of hydrogen-bond donors (Lipinski definition) is 1. The summed E-state index contributed by atoms with van der Waals surface area (Å²) in [6, 6.07) is 14.3. The molecular weight excluding hydrogens is 372 g/mol. The summed E-state index contributed by atoms with van der Waals surface area (Å²) in [7, 11) is -1.76. The minimum Gasteiger partial charge on any atom is -0.380 e. The van der Waals surface area contributed by atoms with Crippen LogP contribution < -0.4 is 9.62 Å². The average molecular weight is 395 g/mol. The van der Waals surface area contributed by atoms with Crippen LogP contribution in [0.1, 0.15) is 18.4 Å². The number of ether oxygens (including phenoxy) is 1. The van der Waals surface area contributed by atoms with Crippen molar-refractivity contribution in [3.8, 4) is 0 Å². The van der Waals surface area contributed by atoms with Gasteiger partial charge >= 0.3 is 0 Å². The maximum Gasteiger partial charge on any atom is 0.236 e. The largest absolute Gasteiger partial charge is 0.380 e. The first kappa shape index (κ1) is 19.0. The zero-order valence-corrected chi connectivity index (χ0v) is 16.3. The Balaban J connectivity index is 1.65. The molecule has 5 nitrogen and oxygen atoms in total. The molecule has 3 rings (SSSR count). The van der Waals surface area contributed by atoms with Gasteiger partial charge < -0.3 is 9.64 Å². The van der Waals surface area contributed by atoms with Crippen molar-refractivity contribution in [1.82, 2.24) is 0 Å². The van der Waals surface area contributed by atoms with Crippen LogP contribution in [0.2, 0.25) is 5.02 Å². The number of nitrogens with zero attached hydrogens (tertiary/aromatic N) is 1. The number of hydrogen-bond acceptors (Lipinski definition) is 4. The third-order valence-corrected chi connectivity index (χ3v) is 5.96. The molecule has 1 aliphatic rings. The van der Waals surface area contributed by atoms with Gasteiger partial charge in [0.2, 0.25) is 10.0 Å². The van der Waals surface area contributed by atoms with E-state index in [0.717, 1.165) is 31.6 Å². The summed E-state index contributed by atoms with van der Waals surface area (Å²) in [6.07, 6.45) is 2.42. The summed E-state index contributed by atoms with van der Waals surface area (Å²) < 4.78 is 32.8. The molecule has 0 aliphatic carbocycles. The molecule has 2 aromatic rings. The fraction of sp³-hybridized carbons (Fsp3) is 0.368. The molecule has 1 saturated heterocycles. The van der Waals surface area contributed by atoms with Crippen molar-refractivity contribution < 1.29 is 13.2 Å². The van der Waals surface area contributed by atoms with Crippen LogP contribution in [-0.2, 0) is 20.5 Å². The molecule has 0 bridgehead atoms. The lowest BCUT2D eigenvalue weighted by Crippen LogP contribution is -2.39. The maximum atomic E-state index is 12.4. The molecule has 26 heavy (non-hydrogen) atoms. The van der Waals surface area contributed by atoms with Crippen molar-refractivity contribution in [1.29, 1.82) is 0 Å². The van der Waals surface area contributed by atoms with E-state index < -0.39 is 10.0 Å². The van der Waals surface area contributed by atoms with Gasteiger partial charge in [0.15, 0.2) is 0 Å². The number of benzene rings is 2. The second-order valence-electron chi connectivity index (χ2n) is 6.48. The molecule has 1 N–H and O–H groups in total. The van der Waals surface area contributed by atoms with E-state index in [-0.39, 0.29) is 11.9 Å². The summed E-state index contributed by atoms with van der Waals surface area (Å²) in [4.78, 5) is 2.27. The maximum absolute atomic E-state index is 12.4. The predicted molar refractivity (Wildman–Crippen MR) is 106 cm³/mol. The fourth-order valence-corrected chi connectivity index (χ4v) is 4.57. The lowest BCUT2D eigenvalue weighted by Gasteiger charge is -2.33. The van der Waals surface area contributed by atoms with Gasteiger partial charge in [0.05, 0.1) is 11.9 Å². The molecule has 2 aromatic carbocycles. The molecule has 140 valence electrons. The number of halogens is 1. The van der Waals surface area contributed by atoms with Crippen molar-refractivity contribution in [2.75, 3.05) is 29.8 Å². The van der Waals surface area contributed by atoms with Gasteiger partial charge in [-0.05, 0) is 54.8 Å². The Morgan fingerprint density at radius 3 is 2.69 bits per heavy atom. The van der Waals surface area contributed by atoms with E-state index >= 15 is 0 Å². The number of nitrogens with one attached hydrogen (secondary N) is 1. The van der Waals surface area contributed by atoms with Gasteiger partial charge in [0.1, 0.15) is 0 Å². The van der Waals surface area contributed by atoms with Gasteiger partial charge in [-0.25, -0.2) is 8.42 Å². The Morgan fingerprint density at radius 1 is 1.23 bits per heavy atom. The number of piperidine rings is 1. The number of rotatable bonds is 6. The molecular formula is C19H23ClN2O3S. The second-order valence-corrected chi connectivity index (χ2v) is 8.64. The molecule has 1 heterocycles. The average Bonchev–Trinajstić information content (AvgIpc) is 2.61. The highest BCUT2D eigenvalue weighted by Crippen LogP contribution is 2.24. The summed E-state index contributed by atoms with van der Waals surface area (Å²) in [5.74, 6) is -0.114. The molecule has 1 atom stereocenters. The summed E-state index contributed by atoms with van der Waals surface area (Å²) in [5, 5.41) is 0.526. The number of sulfonamides is 1. The molecule has 1 fully saturated rings. The second kappa shape index (κ2) is 8.29. The van der Waals surface area contributed by atoms with Crippen LogP contribution in [-0.4, -0.2) is 34.7 Å². The lowest BCUT2D eigenvalue weighted by molar-refractivity contribution is 0.0893. The third kappa shape index (κ3) is 5.13. The van der Waals surface area contributed by atoms with E-state index in [1.54, 1.807) is 43.5 Å². The first-order chi connectivity index (χ1) is 12.4. The summed E-state index contributed by atoms with van der Waals surface area (Å²) in [6.45, 7) is 1.84. The van der Waals surface area contributed by atoms with Crippen molar-refractivity contribution in [2.45, 2.75) is 24.7 Å². The fourth-order valence-electron chi connectivity index (χ4n) is 3.17. The van der Waals surface area contributed by atoms with Gasteiger partial charge in [-0.3, -0.25) is 4.72 Å². The van der Waals surface area contributed by atoms with Crippen molar-refractivity contribution >= 4 is 33.0 Å². The summed E-state index contributed by atoms with van der Waals surface area (Å²) in [5.41, 5.74) is 2.28. The van der Waals surface area contributed by atoms with Gasteiger partial charge in [-0.15, -0.1) is 0 Å². The molecule has 0 saturated carbocycles. The van der Waals surface area contributed by atoms with Crippen molar-refractivity contribution in [3.63, 3.8) is 0 Å². The van der Waals surface area contributed by atoms with Crippen LogP contribution in [0.25, 0.3) is 0 Å². The summed E-state index contributed by atoms with van der Waals surface area (Å²) >= 11 is 5.92. The SMILES string of the molecule is COC1CCCN(c2ccc(NS(=O)(=O)Cc3cccc(Cl)c3)cc2)C1. The van der Waals surface area contributed by atoms with Gasteiger partial charge in [0, 0.05) is 36.6 Å². The molecule has 0 radical (unpaired) electrons. The van der Waals surface area contributed by atoms with Crippen LogP contribution in [0.15, 0.2) is 48.5 Å². The Bertz CT molecular complexity index is 840. The van der Waals surface area contributed by atoms with Crippen molar-refractivity contribution in [3.05, 3.63) is 59.1 Å². The highest BCUT2D eigenvalue weighted by Gasteiger charge is 2.20. The Morgan fingerprint density at radius 2 is 2.00 bits per heavy atom. The molecule has 0 amide bonds. The third-order valence-electron chi connectivity index (χ3n) is 4.46. The quantitative estimate of drug-likeness (QED) is 0.807. The minimum atomic E-state index is -3.50. The zero-order valence-electron chi connectivity index (χ0n) is 14.7. The first-order valence-electron chi connectivity index (χ1n) is 8.58. The van der Waals surface area contributed by atoms with Gasteiger partial charge in [0.25, 0.3) is 0 Å². The smallest absolute Gasteiger partial charge is 0.236 e. The zero-order chi connectivity index (χ0) is 18.6. The minimum absolute atomic E-state index is 0.114. The Hall–Kier alpha value is -1.76. The molecule has 1 aliphatic heterocycles. The monoisotopic (exact) mass is 394 g/mol. The van der Waals surface area contributed by atoms with Crippen LogP contribution >= 0.6 is 11.6 Å². The van der Waals surface area contributed by atoms with E-state index in [9.17, 15) is 8.42 Å². The van der Waals surface area contributed by atoms with Crippen LogP contribution in [0.3, 0.4) is 0 Å². The van der Waals surface area contributed by atoms with E-state index in [1.807, 2.05) is 12.1 Å². The standard InChI is InChI=1S/C19H23ClN2O3S/c1-25-19-6-3-11-22(13-19)18-9-7-17(8-10-18)21-26(23,24)14-15-4-2-5-16(20)12-15/h2,4-5,7-10,12,19,21H,3,6,11,13-14H2,1H3. The van der Waals surface area contributed by atoms with Crippen LogP contribution in [0.4, 0.5) is 11.4 Å².